The molecule has 0 spiro atoms. The van der Waals surface area contributed by atoms with Crippen LogP contribution in [-0.2, 0) is 27.9 Å². The number of rotatable bonds is 4. The minimum absolute atomic E-state index is 0.0992. The highest BCUT2D eigenvalue weighted by atomic mass is 32.2. The fraction of sp³-hybridized carbons (Fsp3) is 0.692. The molecule has 0 aromatic carbocycles. The number of aliphatic hydroxyl groups is 1. The predicted octanol–water partition coefficient (Wildman–Crippen LogP) is 0.800. The summed E-state index contributed by atoms with van der Waals surface area (Å²) >= 11 is 0. The molecule has 1 saturated heterocycles. The van der Waals surface area contributed by atoms with Gasteiger partial charge in [-0.05, 0) is 26.3 Å². The summed E-state index contributed by atoms with van der Waals surface area (Å²) < 4.78 is 34.0. The summed E-state index contributed by atoms with van der Waals surface area (Å²) in [6.45, 7) is 5.69. The quantitative estimate of drug-likeness (QED) is 0.893. The van der Waals surface area contributed by atoms with Crippen molar-refractivity contribution in [3.8, 4) is 0 Å². The van der Waals surface area contributed by atoms with Gasteiger partial charge in [-0.1, -0.05) is 0 Å². The number of aromatic nitrogens is 1. The molecule has 114 valence electrons. The van der Waals surface area contributed by atoms with Crippen molar-refractivity contribution < 1.29 is 18.3 Å². The molecule has 0 saturated carbocycles. The van der Waals surface area contributed by atoms with Crippen LogP contribution in [0.4, 0.5) is 0 Å². The van der Waals surface area contributed by atoms with Crippen molar-refractivity contribution >= 4 is 10.0 Å². The van der Waals surface area contributed by atoms with E-state index >= 15 is 0 Å². The summed E-state index contributed by atoms with van der Waals surface area (Å²) in [7, 11) is -3.52. The maximum absolute atomic E-state index is 12.7. The SMILES string of the molecule is CCn1cc(S(=O)(=O)N2CCCOC(C)C2)cc1CO. The van der Waals surface area contributed by atoms with E-state index in [1.54, 1.807) is 16.8 Å². The van der Waals surface area contributed by atoms with Crippen LogP contribution in [0.3, 0.4) is 0 Å². The highest BCUT2D eigenvalue weighted by Crippen LogP contribution is 2.21. The summed E-state index contributed by atoms with van der Waals surface area (Å²) in [6, 6.07) is 1.55. The normalized spacial score (nSPS) is 21.9. The van der Waals surface area contributed by atoms with Crippen LogP contribution in [0.1, 0.15) is 26.0 Å². The van der Waals surface area contributed by atoms with Crippen molar-refractivity contribution in [1.82, 2.24) is 8.87 Å². The second kappa shape index (κ2) is 6.26. The summed E-state index contributed by atoms with van der Waals surface area (Å²) in [5.74, 6) is 0. The molecule has 0 aliphatic carbocycles. The van der Waals surface area contributed by atoms with Gasteiger partial charge in [0.25, 0.3) is 0 Å². The first-order valence-electron chi connectivity index (χ1n) is 6.90. The van der Waals surface area contributed by atoms with E-state index in [1.165, 1.54) is 4.31 Å². The number of aliphatic hydroxyl groups excluding tert-OH is 1. The van der Waals surface area contributed by atoms with Gasteiger partial charge < -0.3 is 14.4 Å². The molecule has 2 heterocycles. The Labute approximate surface area is 120 Å². The molecule has 7 heteroatoms. The minimum Gasteiger partial charge on any atom is -0.390 e. The standard InChI is InChI=1S/C13H22N2O4S/c1-3-14-9-13(7-12(14)10-16)20(17,18)15-5-4-6-19-11(2)8-15/h7,9,11,16H,3-6,8,10H2,1-2H3. The topological polar surface area (TPSA) is 71.8 Å². The van der Waals surface area contributed by atoms with E-state index in [0.717, 1.165) is 0 Å². The highest BCUT2D eigenvalue weighted by Gasteiger charge is 2.29. The second-order valence-electron chi connectivity index (χ2n) is 5.01. The Balaban J connectivity index is 2.31. The average molecular weight is 302 g/mol. The molecule has 1 aliphatic rings. The van der Waals surface area contributed by atoms with Gasteiger partial charge in [-0.15, -0.1) is 0 Å². The average Bonchev–Trinajstić information content (AvgIpc) is 2.73. The molecule has 0 radical (unpaired) electrons. The van der Waals surface area contributed by atoms with Crippen LogP contribution >= 0.6 is 0 Å². The smallest absolute Gasteiger partial charge is 0.244 e. The van der Waals surface area contributed by atoms with Crippen molar-refractivity contribution in [2.24, 2.45) is 0 Å². The lowest BCUT2D eigenvalue weighted by Crippen LogP contribution is -2.35. The maximum atomic E-state index is 12.7. The number of hydrogen-bond acceptors (Lipinski definition) is 4. The number of aryl methyl sites for hydroxylation is 1. The molecule has 1 N–H and O–H groups in total. The van der Waals surface area contributed by atoms with Crippen molar-refractivity contribution in [2.75, 3.05) is 19.7 Å². The predicted molar refractivity (Wildman–Crippen MR) is 74.8 cm³/mol. The van der Waals surface area contributed by atoms with Gasteiger partial charge in [0.1, 0.15) is 4.90 Å². The largest absolute Gasteiger partial charge is 0.390 e. The molecule has 1 fully saturated rings. The van der Waals surface area contributed by atoms with Gasteiger partial charge in [-0.2, -0.15) is 4.31 Å². The first-order chi connectivity index (χ1) is 9.48. The van der Waals surface area contributed by atoms with Gasteiger partial charge >= 0.3 is 0 Å². The Bertz CT molecular complexity index is 531. The number of ether oxygens (including phenoxy) is 1. The summed E-state index contributed by atoms with van der Waals surface area (Å²) in [4.78, 5) is 0.248. The molecule has 20 heavy (non-hydrogen) atoms. The van der Waals surface area contributed by atoms with Gasteiger partial charge in [-0.25, -0.2) is 8.42 Å². The Morgan fingerprint density at radius 3 is 2.85 bits per heavy atom. The molecule has 6 nitrogen and oxygen atoms in total. The lowest BCUT2D eigenvalue weighted by atomic mass is 10.4. The second-order valence-corrected chi connectivity index (χ2v) is 6.95. The van der Waals surface area contributed by atoms with E-state index in [1.807, 2.05) is 13.8 Å². The van der Waals surface area contributed by atoms with E-state index in [4.69, 9.17) is 4.74 Å². The molecule has 0 amide bonds. The van der Waals surface area contributed by atoms with Gasteiger partial charge in [-0.3, -0.25) is 0 Å². The van der Waals surface area contributed by atoms with E-state index in [0.29, 0.717) is 38.4 Å². The third-order valence-corrected chi connectivity index (χ3v) is 5.35. The first kappa shape index (κ1) is 15.5. The molecule has 1 aliphatic heterocycles. The van der Waals surface area contributed by atoms with Crippen molar-refractivity contribution in [2.45, 2.75) is 44.4 Å². The lowest BCUT2D eigenvalue weighted by molar-refractivity contribution is 0.0752. The van der Waals surface area contributed by atoms with E-state index in [-0.39, 0.29) is 17.6 Å². The van der Waals surface area contributed by atoms with Crippen molar-refractivity contribution in [3.05, 3.63) is 18.0 Å². The van der Waals surface area contributed by atoms with Gasteiger partial charge in [0.2, 0.25) is 10.0 Å². The number of hydrogen-bond donors (Lipinski definition) is 1. The summed E-state index contributed by atoms with van der Waals surface area (Å²) in [5.41, 5.74) is 0.616. The fourth-order valence-electron chi connectivity index (χ4n) is 2.42. The van der Waals surface area contributed by atoms with Gasteiger partial charge in [0.05, 0.1) is 12.7 Å². The van der Waals surface area contributed by atoms with Crippen LogP contribution < -0.4 is 0 Å². The molecule has 1 atom stereocenters. The van der Waals surface area contributed by atoms with Crippen LogP contribution in [0.2, 0.25) is 0 Å². The lowest BCUT2D eigenvalue weighted by Gasteiger charge is -2.20. The molecule has 1 aromatic rings. The van der Waals surface area contributed by atoms with Crippen LogP contribution in [-0.4, -0.2) is 48.2 Å². The van der Waals surface area contributed by atoms with E-state index in [9.17, 15) is 13.5 Å². The van der Waals surface area contributed by atoms with Crippen molar-refractivity contribution in [3.63, 3.8) is 0 Å². The zero-order chi connectivity index (χ0) is 14.8. The molecular weight excluding hydrogens is 280 g/mol. The van der Waals surface area contributed by atoms with Crippen molar-refractivity contribution in [1.29, 1.82) is 0 Å². The Morgan fingerprint density at radius 1 is 1.50 bits per heavy atom. The maximum Gasteiger partial charge on any atom is 0.244 e. The Morgan fingerprint density at radius 2 is 2.25 bits per heavy atom. The molecule has 2 rings (SSSR count). The van der Waals surface area contributed by atoms with Gasteiger partial charge in [0.15, 0.2) is 0 Å². The minimum atomic E-state index is -3.52. The Hall–Kier alpha value is -0.890. The van der Waals surface area contributed by atoms with Crippen LogP contribution in [0.15, 0.2) is 17.2 Å². The van der Waals surface area contributed by atoms with Crippen LogP contribution in [0.5, 0.6) is 0 Å². The molecule has 0 bridgehead atoms. The summed E-state index contributed by atoms with van der Waals surface area (Å²) in [5, 5.41) is 9.28. The fourth-order valence-corrected chi connectivity index (χ4v) is 4.04. The van der Waals surface area contributed by atoms with E-state index in [2.05, 4.69) is 0 Å². The molecular formula is C13H22N2O4S. The van der Waals surface area contributed by atoms with E-state index < -0.39 is 10.0 Å². The number of nitrogens with zero attached hydrogens (tertiary/aromatic N) is 2. The van der Waals surface area contributed by atoms with Crippen LogP contribution in [0.25, 0.3) is 0 Å². The summed E-state index contributed by atoms with van der Waals surface area (Å²) in [6.07, 6.45) is 2.19. The third kappa shape index (κ3) is 3.06. The van der Waals surface area contributed by atoms with Crippen LogP contribution in [0, 0.1) is 0 Å². The Kier molecular flexibility index (Phi) is 4.85. The zero-order valence-electron chi connectivity index (χ0n) is 11.9. The molecule has 1 unspecified atom stereocenters. The monoisotopic (exact) mass is 302 g/mol. The third-order valence-electron chi connectivity index (χ3n) is 3.52. The first-order valence-corrected chi connectivity index (χ1v) is 8.34. The van der Waals surface area contributed by atoms with Gasteiger partial charge in [0, 0.05) is 38.1 Å². The number of sulfonamides is 1. The highest BCUT2D eigenvalue weighted by molar-refractivity contribution is 7.89. The zero-order valence-corrected chi connectivity index (χ0v) is 12.8. The molecule has 1 aromatic heterocycles.